The van der Waals surface area contributed by atoms with Crippen molar-refractivity contribution in [2.75, 3.05) is 6.54 Å². The SMILES string of the molecule is O=C(NCCCC(F)F)C1c2cc(Cl)ccc2C(=O)N1Cc1ccccc1C1CCCC1. The predicted molar refractivity (Wildman–Crippen MR) is 120 cm³/mol. The summed E-state index contributed by atoms with van der Waals surface area (Å²) >= 11 is 6.18. The van der Waals surface area contributed by atoms with Crippen LogP contribution in [0.25, 0.3) is 0 Å². The van der Waals surface area contributed by atoms with Crippen LogP contribution in [-0.2, 0) is 11.3 Å². The third-order valence-electron chi connectivity index (χ3n) is 6.45. The molecule has 1 atom stereocenters. The van der Waals surface area contributed by atoms with E-state index in [4.69, 9.17) is 11.6 Å². The lowest BCUT2D eigenvalue weighted by Crippen LogP contribution is -2.39. The smallest absolute Gasteiger partial charge is 0.255 e. The molecule has 1 N–H and O–H groups in total. The van der Waals surface area contributed by atoms with Crippen LogP contribution in [0.3, 0.4) is 0 Å². The Balaban J connectivity index is 1.60. The van der Waals surface area contributed by atoms with Crippen LogP contribution < -0.4 is 5.32 Å². The number of halogens is 3. The first-order valence-electron chi connectivity index (χ1n) is 11.2. The Kier molecular flexibility index (Phi) is 7.09. The summed E-state index contributed by atoms with van der Waals surface area (Å²) in [5.74, 6) is -0.111. The molecule has 32 heavy (non-hydrogen) atoms. The molecule has 1 fully saturated rings. The summed E-state index contributed by atoms with van der Waals surface area (Å²) in [4.78, 5) is 28.0. The van der Waals surface area contributed by atoms with Crippen LogP contribution in [0.1, 0.15) is 77.5 Å². The number of rotatable bonds is 8. The summed E-state index contributed by atoms with van der Waals surface area (Å²) < 4.78 is 24.9. The van der Waals surface area contributed by atoms with Gasteiger partial charge in [0.1, 0.15) is 6.04 Å². The molecule has 4 nitrogen and oxygen atoms in total. The monoisotopic (exact) mass is 460 g/mol. The van der Waals surface area contributed by atoms with Gasteiger partial charge in [-0.3, -0.25) is 9.59 Å². The standard InChI is InChI=1S/C25H27ClF2N2O2/c26-18-11-12-20-21(14-18)23(24(31)29-13-5-10-22(27)28)30(25(20)32)15-17-8-3-4-9-19(17)16-6-1-2-7-16/h3-4,8-9,11-12,14,16,22-23H,1-2,5-7,10,13,15H2,(H,29,31). The number of hydrogen-bond donors (Lipinski definition) is 1. The van der Waals surface area contributed by atoms with Crippen LogP contribution in [0.5, 0.6) is 0 Å². The normalized spacial score (nSPS) is 18.4. The first-order valence-corrected chi connectivity index (χ1v) is 11.6. The van der Waals surface area contributed by atoms with E-state index in [9.17, 15) is 18.4 Å². The molecule has 1 heterocycles. The molecule has 0 aromatic heterocycles. The van der Waals surface area contributed by atoms with Crippen molar-refractivity contribution < 1.29 is 18.4 Å². The maximum absolute atomic E-state index is 13.3. The molecule has 1 aliphatic carbocycles. The van der Waals surface area contributed by atoms with Crippen molar-refractivity contribution in [3.8, 4) is 0 Å². The maximum Gasteiger partial charge on any atom is 0.255 e. The molecule has 4 rings (SSSR count). The number of carbonyl (C=O) groups excluding carboxylic acids is 2. The summed E-state index contributed by atoms with van der Waals surface area (Å²) in [7, 11) is 0. The highest BCUT2D eigenvalue weighted by molar-refractivity contribution is 6.31. The van der Waals surface area contributed by atoms with E-state index in [1.54, 1.807) is 23.1 Å². The third-order valence-corrected chi connectivity index (χ3v) is 6.68. The molecule has 2 aromatic carbocycles. The van der Waals surface area contributed by atoms with E-state index < -0.39 is 12.5 Å². The first-order chi connectivity index (χ1) is 15.5. The van der Waals surface area contributed by atoms with Crippen molar-refractivity contribution in [3.63, 3.8) is 0 Å². The summed E-state index contributed by atoms with van der Waals surface area (Å²) in [5.41, 5.74) is 3.30. The Morgan fingerprint density at radius 2 is 1.88 bits per heavy atom. The van der Waals surface area contributed by atoms with Crippen molar-refractivity contribution in [3.05, 3.63) is 69.7 Å². The van der Waals surface area contributed by atoms with Gasteiger partial charge in [-0.1, -0.05) is 48.7 Å². The number of alkyl halides is 2. The summed E-state index contributed by atoms with van der Waals surface area (Å²) in [6, 6.07) is 12.2. The van der Waals surface area contributed by atoms with Gasteiger partial charge in [0.05, 0.1) is 0 Å². The minimum Gasteiger partial charge on any atom is -0.354 e. The molecule has 0 spiro atoms. The molecule has 2 amide bonds. The number of nitrogens with zero attached hydrogens (tertiary/aromatic N) is 1. The second kappa shape index (κ2) is 9.99. The van der Waals surface area contributed by atoms with Crippen molar-refractivity contribution in [2.24, 2.45) is 0 Å². The minimum atomic E-state index is -2.40. The van der Waals surface area contributed by atoms with E-state index in [-0.39, 0.29) is 31.2 Å². The van der Waals surface area contributed by atoms with E-state index in [1.165, 1.54) is 18.4 Å². The molecule has 0 saturated heterocycles. The fraction of sp³-hybridized carbons (Fsp3) is 0.440. The number of carbonyl (C=O) groups is 2. The molecule has 170 valence electrons. The fourth-order valence-electron chi connectivity index (χ4n) is 4.90. The van der Waals surface area contributed by atoms with Crippen molar-refractivity contribution in [1.29, 1.82) is 0 Å². The molecule has 1 saturated carbocycles. The number of hydrogen-bond acceptors (Lipinski definition) is 2. The van der Waals surface area contributed by atoms with Gasteiger partial charge in [-0.05, 0) is 60.1 Å². The molecule has 2 aromatic rings. The van der Waals surface area contributed by atoms with Crippen LogP contribution in [0.2, 0.25) is 5.02 Å². The Morgan fingerprint density at radius 3 is 2.62 bits per heavy atom. The van der Waals surface area contributed by atoms with Gasteiger partial charge in [0, 0.05) is 30.1 Å². The van der Waals surface area contributed by atoms with Crippen LogP contribution in [0.15, 0.2) is 42.5 Å². The molecule has 2 aliphatic rings. The number of nitrogens with one attached hydrogen (secondary N) is 1. The van der Waals surface area contributed by atoms with Crippen LogP contribution in [0, 0.1) is 0 Å². The van der Waals surface area contributed by atoms with Crippen molar-refractivity contribution >= 4 is 23.4 Å². The quantitative estimate of drug-likeness (QED) is 0.502. The van der Waals surface area contributed by atoms with Gasteiger partial charge in [-0.15, -0.1) is 0 Å². The van der Waals surface area contributed by atoms with Crippen LogP contribution >= 0.6 is 11.6 Å². The van der Waals surface area contributed by atoms with E-state index in [0.717, 1.165) is 18.4 Å². The highest BCUT2D eigenvalue weighted by Crippen LogP contribution is 2.40. The lowest BCUT2D eigenvalue weighted by atomic mass is 9.92. The van der Waals surface area contributed by atoms with Crippen molar-refractivity contribution in [1.82, 2.24) is 10.2 Å². The topological polar surface area (TPSA) is 49.4 Å². The average Bonchev–Trinajstić information content (AvgIpc) is 3.39. The molecule has 1 unspecified atom stereocenters. The fourth-order valence-corrected chi connectivity index (χ4v) is 5.08. The maximum atomic E-state index is 13.3. The summed E-state index contributed by atoms with van der Waals surface area (Å²) in [5, 5.41) is 3.18. The zero-order valence-electron chi connectivity index (χ0n) is 17.8. The largest absolute Gasteiger partial charge is 0.354 e. The lowest BCUT2D eigenvalue weighted by molar-refractivity contribution is -0.125. The second-order valence-electron chi connectivity index (χ2n) is 8.57. The van der Waals surface area contributed by atoms with Crippen LogP contribution in [-0.4, -0.2) is 29.7 Å². The molecule has 0 bridgehead atoms. The molecule has 0 radical (unpaired) electrons. The second-order valence-corrected chi connectivity index (χ2v) is 9.01. The predicted octanol–water partition coefficient (Wildman–Crippen LogP) is 5.86. The van der Waals surface area contributed by atoms with E-state index in [0.29, 0.717) is 28.6 Å². The lowest BCUT2D eigenvalue weighted by Gasteiger charge is -2.27. The van der Waals surface area contributed by atoms with E-state index in [2.05, 4.69) is 11.4 Å². The third kappa shape index (κ3) is 4.80. The Morgan fingerprint density at radius 1 is 1.12 bits per heavy atom. The highest BCUT2D eigenvalue weighted by Gasteiger charge is 2.41. The number of fused-ring (bicyclic) bond motifs is 1. The van der Waals surface area contributed by atoms with Gasteiger partial charge in [0.2, 0.25) is 12.3 Å². The molecular formula is C25H27ClF2N2O2. The average molecular weight is 461 g/mol. The molecule has 7 heteroatoms. The van der Waals surface area contributed by atoms with Gasteiger partial charge in [0.25, 0.3) is 5.91 Å². The summed E-state index contributed by atoms with van der Waals surface area (Å²) in [6.45, 7) is 0.448. The van der Waals surface area contributed by atoms with Gasteiger partial charge in [0.15, 0.2) is 0 Å². The zero-order valence-corrected chi connectivity index (χ0v) is 18.6. The van der Waals surface area contributed by atoms with Gasteiger partial charge < -0.3 is 10.2 Å². The first kappa shape index (κ1) is 22.7. The van der Waals surface area contributed by atoms with Gasteiger partial charge in [-0.25, -0.2) is 8.78 Å². The Hall–Kier alpha value is -2.47. The number of amides is 2. The Labute approximate surface area is 191 Å². The minimum absolute atomic E-state index is 0.135. The Bertz CT molecular complexity index is 992. The number of benzene rings is 2. The van der Waals surface area contributed by atoms with Gasteiger partial charge in [-0.2, -0.15) is 0 Å². The highest BCUT2D eigenvalue weighted by atomic mass is 35.5. The molecule has 1 aliphatic heterocycles. The van der Waals surface area contributed by atoms with E-state index >= 15 is 0 Å². The van der Waals surface area contributed by atoms with Gasteiger partial charge >= 0.3 is 0 Å². The molecular weight excluding hydrogens is 434 g/mol. The zero-order chi connectivity index (χ0) is 22.7. The summed E-state index contributed by atoms with van der Waals surface area (Å²) in [6.07, 6.45) is 2.18. The van der Waals surface area contributed by atoms with E-state index in [1.807, 2.05) is 18.2 Å². The van der Waals surface area contributed by atoms with Crippen LogP contribution in [0.4, 0.5) is 8.78 Å². The van der Waals surface area contributed by atoms with Crippen molar-refractivity contribution in [2.45, 2.75) is 63.5 Å².